The van der Waals surface area contributed by atoms with Crippen molar-refractivity contribution in [3.05, 3.63) is 36.0 Å². The largest absolute Gasteiger partial charge is 0.333 e. The lowest BCUT2D eigenvalue weighted by atomic mass is 10.2. The maximum atomic E-state index is 8.82. The van der Waals surface area contributed by atoms with Crippen molar-refractivity contribution in [1.29, 1.82) is 5.26 Å². The highest BCUT2D eigenvalue weighted by atomic mass is 15.0. The summed E-state index contributed by atoms with van der Waals surface area (Å²) in [4.78, 5) is 0. The number of nitrogens with zero attached hydrogens (tertiary/aromatic N) is 2. The number of rotatable bonds is 5. The van der Waals surface area contributed by atoms with Gasteiger partial charge in [-0.15, -0.1) is 0 Å². The van der Waals surface area contributed by atoms with E-state index in [1.807, 2.05) is 16.7 Å². The van der Waals surface area contributed by atoms with Gasteiger partial charge in [-0.3, -0.25) is 0 Å². The monoisotopic (exact) mass is 227 g/mol. The van der Waals surface area contributed by atoms with Crippen molar-refractivity contribution in [2.45, 2.75) is 26.4 Å². The zero-order valence-corrected chi connectivity index (χ0v) is 10.1. The van der Waals surface area contributed by atoms with Gasteiger partial charge in [-0.2, -0.15) is 5.26 Å². The number of nitriles is 1. The first kappa shape index (κ1) is 11.7. The van der Waals surface area contributed by atoms with E-state index in [0.717, 1.165) is 25.0 Å². The number of nitrogens with one attached hydrogen (secondary N) is 1. The molecule has 0 bridgehead atoms. The van der Waals surface area contributed by atoms with Crippen molar-refractivity contribution in [3.63, 3.8) is 0 Å². The molecule has 2 rings (SSSR count). The van der Waals surface area contributed by atoms with E-state index in [1.54, 1.807) is 0 Å². The summed E-state index contributed by atoms with van der Waals surface area (Å²) in [5.41, 5.74) is 2.41. The average Bonchev–Trinajstić information content (AvgIpc) is 2.70. The third kappa shape index (κ3) is 2.48. The molecule has 3 heteroatoms. The van der Waals surface area contributed by atoms with E-state index < -0.39 is 0 Å². The van der Waals surface area contributed by atoms with E-state index in [4.69, 9.17) is 5.26 Å². The van der Waals surface area contributed by atoms with Crippen molar-refractivity contribution in [2.75, 3.05) is 6.54 Å². The van der Waals surface area contributed by atoms with Crippen LogP contribution in [0.5, 0.6) is 0 Å². The second kappa shape index (κ2) is 5.51. The summed E-state index contributed by atoms with van der Waals surface area (Å²) in [6, 6.07) is 10.4. The molecule has 3 nitrogen and oxygen atoms in total. The zero-order valence-electron chi connectivity index (χ0n) is 10.1. The zero-order chi connectivity index (χ0) is 12.1. The molecule has 0 aliphatic rings. The Balaban J connectivity index is 2.32. The Morgan fingerprint density at radius 3 is 2.94 bits per heavy atom. The van der Waals surface area contributed by atoms with Gasteiger partial charge >= 0.3 is 0 Å². The van der Waals surface area contributed by atoms with Gasteiger partial charge < -0.3 is 9.88 Å². The van der Waals surface area contributed by atoms with Crippen LogP contribution in [0.4, 0.5) is 0 Å². The molecule has 1 heterocycles. The molecule has 88 valence electrons. The Labute approximate surface area is 102 Å². The van der Waals surface area contributed by atoms with Gasteiger partial charge in [-0.05, 0) is 24.6 Å². The van der Waals surface area contributed by atoms with Gasteiger partial charge in [0.2, 0.25) is 0 Å². The fraction of sp³-hybridized carbons (Fsp3) is 0.357. The molecule has 0 unspecified atom stereocenters. The van der Waals surface area contributed by atoms with E-state index in [2.05, 4.69) is 36.6 Å². The second-order valence-corrected chi connectivity index (χ2v) is 4.13. The van der Waals surface area contributed by atoms with Crippen LogP contribution in [0, 0.1) is 11.3 Å². The van der Waals surface area contributed by atoms with Crippen molar-refractivity contribution >= 4 is 10.9 Å². The molecule has 17 heavy (non-hydrogen) atoms. The molecule has 1 N–H and O–H groups in total. The summed E-state index contributed by atoms with van der Waals surface area (Å²) in [5.74, 6) is 0. The molecule has 1 aromatic heterocycles. The van der Waals surface area contributed by atoms with Gasteiger partial charge in [0.05, 0.1) is 6.07 Å². The Kier molecular flexibility index (Phi) is 3.79. The molecule has 0 aliphatic carbocycles. The first-order chi connectivity index (χ1) is 8.36. The first-order valence-electron chi connectivity index (χ1n) is 6.01. The van der Waals surface area contributed by atoms with Crippen LogP contribution in [0.3, 0.4) is 0 Å². The fourth-order valence-corrected chi connectivity index (χ4v) is 2.07. The highest BCUT2D eigenvalue weighted by Crippen LogP contribution is 2.20. The van der Waals surface area contributed by atoms with Crippen LogP contribution in [0.15, 0.2) is 30.5 Å². The van der Waals surface area contributed by atoms with E-state index in [1.165, 1.54) is 10.9 Å². The Hall–Kier alpha value is -1.79. The maximum absolute atomic E-state index is 8.82. The Morgan fingerprint density at radius 1 is 1.35 bits per heavy atom. The SMILES string of the molecule is CCCNCc1cn(CC#N)c2ccccc12. The van der Waals surface area contributed by atoms with Crippen molar-refractivity contribution in [2.24, 2.45) is 0 Å². The molecule has 0 saturated heterocycles. The predicted molar refractivity (Wildman–Crippen MR) is 69.5 cm³/mol. The average molecular weight is 227 g/mol. The number of hydrogen-bond acceptors (Lipinski definition) is 2. The molecule has 0 fully saturated rings. The summed E-state index contributed by atoms with van der Waals surface area (Å²) in [6.45, 7) is 4.46. The lowest BCUT2D eigenvalue weighted by Crippen LogP contribution is -2.13. The highest BCUT2D eigenvalue weighted by Gasteiger charge is 2.06. The van der Waals surface area contributed by atoms with E-state index in [9.17, 15) is 0 Å². The smallest absolute Gasteiger partial charge is 0.110 e. The molecule has 0 saturated carbocycles. The van der Waals surface area contributed by atoms with Gasteiger partial charge in [0.1, 0.15) is 6.54 Å². The summed E-state index contributed by atoms with van der Waals surface area (Å²) in [6.07, 6.45) is 3.22. The standard InChI is InChI=1S/C14H17N3/c1-2-8-16-10-12-11-17(9-7-15)14-6-4-3-5-13(12)14/h3-6,11,16H,2,8-10H2,1H3. The molecular weight excluding hydrogens is 210 g/mol. The van der Waals surface area contributed by atoms with Crippen LogP contribution >= 0.6 is 0 Å². The summed E-state index contributed by atoms with van der Waals surface area (Å²) in [7, 11) is 0. The third-order valence-corrected chi connectivity index (χ3v) is 2.85. The highest BCUT2D eigenvalue weighted by molar-refractivity contribution is 5.84. The predicted octanol–water partition coefficient (Wildman–Crippen LogP) is 2.66. The summed E-state index contributed by atoms with van der Waals surface area (Å²) >= 11 is 0. The summed E-state index contributed by atoms with van der Waals surface area (Å²) in [5, 5.41) is 13.5. The fourth-order valence-electron chi connectivity index (χ4n) is 2.07. The Bertz CT molecular complexity index is 534. The molecule has 0 aliphatic heterocycles. The van der Waals surface area contributed by atoms with Crippen LogP contribution in [0.25, 0.3) is 10.9 Å². The van der Waals surface area contributed by atoms with Crippen LogP contribution in [-0.4, -0.2) is 11.1 Å². The lowest BCUT2D eigenvalue weighted by molar-refractivity contribution is 0.675. The molecule has 0 amide bonds. The number of benzene rings is 1. The molecule has 0 atom stereocenters. The third-order valence-electron chi connectivity index (χ3n) is 2.85. The van der Waals surface area contributed by atoms with Crippen molar-refractivity contribution < 1.29 is 0 Å². The quantitative estimate of drug-likeness (QED) is 0.798. The molecule has 0 spiro atoms. The molecular formula is C14H17N3. The number of aromatic nitrogens is 1. The van der Waals surface area contributed by atoms with Crippen LogP contribution in [-0.2, 0) is 13.1 Å². The first-order valence-corrected chi connectivity index (χ1v) is 6.01. The van der Waals surface area contributed by atoms with Gasteiger partial charge in [-0.25, -0.2) is 0 Å². The number of fused-ring (bicyclic) bond motifs is 1. The number of hydrogen-bond donors (Lipinski definition) is 1. The van der Waals surface area contributed by atoms with Crippen LogP contribution in [0.1, 0.15) is 18.9 Å². The lowest BCUT2D eigenvalue weighted by Gasteiger charge is -2.00. The van der Waals surface area contributed by atoms with Crippen molar-refractivity contribution in [3.8, 4) is 6.07 Å². The minimum atomic E-state index is 0.411. The van der Waals surface area contributed by atoms with Crippen molar-refractivity contribution in [1.82, 2.24) is 9.88 Å². The van der Waals surface area contributed by atoms with E-state index in [0.29, 0.717) is 6.54 Å². The van der Waals surface area contributed by atoms with Gasteiger partial charge in [0, 0.05) is 23.6 Å². The Morgan fingerprint density at radius 2 is 2.18 bits per heavy atom. The topological polar surface area (TPSA) is 40.8 Å². The molecule has 0 radical (unpaired) electrons. The minimum absolute atomic E-state index is 0.411. The van der Waals surface area contributed by atoms with Crippen LogP contribution in [0.2, 0.25) is 0 Å². The van der Waals surface area contributed by atoms with Gasteiger partial charge in [0.25, 0.3) is 0 Å². The normalized spacial score (nSPS) is 10.6. The maximum Gasteiger partial charge on any atom is 0.110 e. The van der Waals surface area contributed by atoms with Crippen LogP contribution < -0.4 is 5.32 Å². The summed E-state index contributed by atoms with van der Waals surface area (Å²) < 4.78 is 2.01. The number of para-hydroxylation sites is 1. The van der Waals surface area contributed by atoms with E-state index in [-0.39, 0.29) is 0 Å². The molecule has 1 aromatic carbocycles. The minimum Gasteiger partial charge on any atom is -0.333 e. The van der Waals surface area contributed by atoms with Gasteiger partial charge in [-0.1, -0.05) is 25.1 Å². The van der Waals surface area contributed by atoms with E-state index >= 15 is 0 Å². The molecule has 2 aromatic rings. The van der Waals surface area contributed by atoms with Gasteiger partial charge in [0.15, 0.2) is 0 Å². The second-order valence-electron chi connectivity index (χ2n) is 4.13.